The molecule has 184 valence electrons. The molecule has 0 bridgehead atoms. The van der Waals surface area contributed by atoms with Crippen LogP contribution in [0.4, 0.5) is 13.2 Å². The van der Waals surface area contributed by atoms with Gasteiger partial charge in [-0.25, -0.2) is 13.8 Å². The lowest BCUT2D eigenvalue weighted by Gasteiger charge is -2.21. The molecule has 0 spiro atoms. The van der Waals surface area contributed by atoms with Crippen LogP contribution in [-0.2, 0) is 27.4 Å². The van der Waals surface area contributed by atoms with E-state index in [9.17, 15) is 26.4 Å². The quantitative estimate of drug-likeness (QED) is 0.296. The molecule has 1 N–H and O–H groups in total. The van der Waals surface area contributed by atoms with Gasteiger partial charge < -0.3 is 0 Å². The summed E-state index contributed by atoms with van der Waals surface area (Å²) >= 11 is 3.26. The fraction of sp³-hybridized carbons (Fsp3) is 0.167. The molecule has 0 heterocycles. The summed E-state index contributed by atoms with van der Waals surface area (Å²) in [6, 6.07) is 19.9. The maximum atomic E-state index is 13.2. The standard InChI is InChI=1S/C24H21BrF3N3O3S/c25-20-10-12-21(13-11-20)35(33,34)31(15-14-18-6-2-1-3-7-18)17-23(32)30-29-16-19-8-4-5-9-22(19)24(26,27)28/h1-13,16H,14-15,17H2,(H,30,32)/b29-16-. The van der Waals surface area contributed by atoms with Crippen molar-refractivity contribution in [1.29, 1.82) is 0 Å². The Bertz CT molecular complexity index is 1280. The molecule has 0 saturated heterocycles. The summed E-state index contributed by atoms with van der Waals surface area (Å²) in [5.74, 6) is -0.792. The van der Waals surface area contributed by atoms with Crippen molar-refractivity contribution in [2.75, 3.05) is 13.1 Å². The van der Waals surface area contributed by atoms with Crippen LogP contribution >= 0.6 is 15.9 Å². The molecule has 0 radical (unpaired) electrons. The highest BCUT2D eigenvalue weighted by atomic mass is 79.9. The monoisotopic (exact) mass is 567 g/mol. The van der Waals surface area contributed by atoms with E-state index in [4.69, 9.17) is 0 Å². The van der Waals surface area contributed by atoms with E-state index in [0.717, 1.165) is 22.1 Å². The molecular formula is C24H21BrF3N3O3S. The van der Waals surface area contributed by atoms with Gasteiger partial charge >= 0.3 is 6.18 Å². The van der Waals surface area contributed by atoms with E-state index in [0.29, 0.717) is 10.9 Å². The van der Waals surface area contributed by atoms with Gasteiger partial charge in [-0.2, -0.15) is 22.6 Å². The Hall–Kier alpha value is -3.02. The van der Waals surface area contributed by atoms with Crippen LogP contribution in [0, 0.1) is 0 Å². The van der Waals surface area contributed by atoms with Gasteiger partial charge in [0, 0.05) is 16.6 Å². The van der Waals surface area contributed by atoms with E-state index in [-0.39, 0.29) is 17.0 Å². The number of alkyl halides is 3. The molecule has 3 rings (SSSR count). The number of hydrogen-bond acceptors (Lipinski definition) is 4. The Morgan fingerprint density at radius 2 is 1.60 bits per heavy atom. The highest BCUT2D eigenvalue weighted by Gasteiger charge is 2.32. The number of hydrazone groups is 1. The van der Waals surface area contributed by atoms with Crippen LogP contribution in [0.5, 0.6) is 0 Å². The number of nitrogens with one attached hydrogen (secondary N) is 1. The first-order chi connectivity index (χ1) is 16.6. The third-order valence-electron chi connectivity index (χ3n) is 4.92. The van der Waals surface area contributed by atoms with Gasteiger partial charge in [-0.15, -0.1) is 0 Å². The molecule has 0 aromatic heterocycles. The van der Waals surface area contributed by atoms with Gasteiger partial charge in [0.05, 0.1) is 23.2 Å². The van der Waals surface area contributed by atoms with E-state index in [2.05, 4.69) is 26.5 Å². The Kier molecular flexibility index (Phi) is 8.82. The van der Waals surface area contributed by atoms with E-state index >= 15 is 0 Å². The van der Waals surface area contributed by atoms with Crippen LogP contribution < -0.4 is 5.43 Å². The smallest absolute Gasteiger partial charge is 0.272 e. The van der Waals surface area contributed by atoms with Crippen molar-refractivity contribution in [1.82, 2.24) is 9.73 Å². The number of halogens is 4. The number of amides is 1. The third kappa shape index (κ3) is 7.48. The summed E-state index contributed by atoms with van der Waals surface area (Å²) in [7, 11) is -4.04. The molecule has 35 heavy (non-hydrogen) atoms. The number of sulfonamides is 1. The zero-order valence-corrected chi connectivity index (χ0v) is 20.6. The van der Waals surface area contributed by atoms with Gasteiger partial charge in [-0.05, 0) is 42.3 Å². The first-order valence-electron chi connectivity index (χ1n) is 10.3. The molecule has 0 saturated carbocycles. The Labute approximate surface area is 209 Å². The van der Waals surface area contributed by atoms with Gasteiger partial charge in [0.25, 0.3) is 5.91 Å². The lowest BCUT2D eigenvalue weighted by molar-refractivity contribution is -0.137. The maximum Gasteiger partial charge on any atom is 0.417 e. The summed E-state index contributed by atoms with van der Waals surface area (Å²) in [6.07, 6.45) is -3.36. The Balaban J connectivity index is 1.76. The summed E-state index contributed by atoms with van der Waals surface area (Å²) in [4.78, 5) is 12.5. The zero-order chi connectivity index (χ0) is 25.5. The number of rotatable bonds is 9. The zero-order valence-electron chi connectivity index (χ0n) is 18.2. The highest BCUT2D eigenvalue weighted by Crippen LogP contribution is 2.31. The minimum Gasteiger partial charge on any atom is -0.272 e. The number of carbonyl (C=O) groups is 1. The maximum absolute atomic E-state index is 13.2. The van der Waals surface area contributed by atoms with E-state index in [1.165, 1.54) is 30.3 Å². The molecule has 11 heteroatoms. The topological polar surface area (TPSA) is 78.8 Å². The van der Waals surface area contributed by atoms with E-state index < -0.39 is 34.2 Å². The predicted molar refractivity (Wildman–Crippen MR) is 130 cm³/mol. The molecule has 6 nitrogen and oxygen atoms in total. The van der Waals surface area contributed by atoms with Crippen LogP contribution in [0.15, 0.2) is 93.3 Å². The number of benzene rings is 3. The van der Waals surface area contributed by atoms with Crippen LogP contribution in [0.2, 0.25) is 0 Å². The molecule has 0 atom stereocenters. The van der Waals surface area contributed by atoms with Crippen molar-refractivity contribution in [3.8, 4) is 0 Å². The van der Waals surface area contributed by atoms with Crippen molar-refractivity contribution in [2.45, 2.75) is 17.5 Å². The van der Waals surface area contributed by atoms with Gasteiger partial charge in [0.1, 0.15) is 0 Å². The van der Waals surface area contributed by atoms with Crippen LogP contribution in [-0.4, -0.2) is 37.9 Å². The molecule has 0 aliphatic heterocycles. The molecule has 0 fully saturated rings. The van der Waals surface area contributed by atoms with Gasteiger partial charge in [-0.3, -0.25) is 4.79 Å². The first-order valence-corrected chi connectivity index (χ1v) is 12.6. The van der Waals surface area contributed by atoms with Crippen LogP contribution in [0.25, 0.3) is 0 Å². The molecule has 1 amide bonds. The average molecular weight is 568 g/mol. The second-order valence-electron chi connectivity index (χ2n) is 7.41. The molecule has 3 aromatic rings. The second-order valence-corrected chi connectivity index (χ2v) is 10.3. The Morgan fingerprint density at radius 3 is 2.26 bits per heavy atom. The first kappa shape index (κ1) is 26.6. The van der Waals surface area contributed by atoms with Gasteiger partial charge in [-0.1, -0.05) is 64.5 Å². The van der Waals surface area contributed by atoms with Gasteiger partial charge in [0.2, 0.25) is 10.0 Å². The third-order valence-corrected chi connectivity index (χ3v) is 7.31. The van der Waals surface area contributed by atoms with E-state index in [1.54, 1.807) is 12.1 Å². The number of hydrogen-bond donors (Lipinski definition) is 1. The largest absolute Gasteiger partial charge is 0.417 e. The highest BCUT2D eigenvalue weighted by molar-refractivity contribution is 9.10. The average Bonchev–Trinajstić information content (AvgIpc) is 2.82. The second kappa shape index (κ2) is 11.6. The molecule has 0 aliphatic carbocycles. The molecule has 0 unspecified atom stereocenters. The predicted octanol–water partition coefficient (Wildman–Crippen LogP) is 4.85. The van der Waals surface area contributed by atoms with Crippen molar-refractivity contribution in [2.24, 2.45) is 5.10 Å². The molecule has 0 aliphatic rings. The lowest BCUT2D eigenvalue weighted by Crippen LogP contribution is -2.40. The van der Waals surface area contributed by atoms with Crippen molar-refractivity contribution >= 4 is 38.1 Å². The minimum atomic E-state index is -4.58. The lowest BCUT2D eigenvalue weighted by atomic mass is 10.1. The SMILES string of the molecule is O=C(CN(CCc1ccccc1)S(=O)(=O)c1ccc(Br)cc1)N/N=C\c1ccccc1C(F)(F)F. The van der Waals surface area contributed by atoms with Crippen LogP contribution in [0.1, 0.15) is 16.7 Å². The Morgan fingerprint density at radius 1 is 0.971 bits per heavy atom. The van der Waals surface area contributed by atoms with Crippen molar-refractivity contribution < 1.29 is 26.4 Å². The van der Waals surface area contributed by atoms with Crippen molar-refractivity contribution in [3.05, 3.63) is 100 Å². The molecule has 3 aromatic carbocycles. The fourth-order valence-electron chi connectivity index (χ4n) is 3.18. The van der Waals surface area contributed by atoms with Crippen molar-refractivity contribution in [3.63, 3.8) is 0 Å². The number of carbonyl (C=O) groups excluding carboxylic acids is 1. The number of nitrogens with zero attached hydrogens (tertiary/aromatic N) is 2. The van der Waals surface area contributed by atoms with E-state index in [1.807, 2.05) is 30.3 Å². The summed E-state index contributed by atoms with van der Waals surface area (Å²) in [6.45, 7) is -0.556. The summed E-state index contributed by atoms with van der Waals surface area (Å²) in [5.41, 5.74) is 1.87. The normalized spacial score (nSPS) is 12.3. The van der Waals surface area contributed by atoms with Crippen LogP contribution in [0.3, 0.4) is 0 Å². The molecular weight excluding hydrogens is 547 g/mol. The minimum absolute atomic E-state index is 0.00386. The summed E-state index contributed by atoms with van der Waals surface area (Å²) in [5, 5.41) is 3.60. The van der Waals surface area contributed by atoms with Gasteiger partial charge in [0.15, 0.2) is 0 Å². The fourth-order valence-corrected chi connectivity index (χ4v) is 4.84. The summed E-state index contributed by atoms with van der Waals surface area (Å²) < 4.78 is 67.5.